The second-order valence-corrected chi connectivity index (χ2v) is 4.92. The summed E-state index contributed by atoms with van der Waals surface area (Å²) in [7, 11) is 2.29. The van der Waals surface area contributed by atoms with Crippen molar-refractivity contribution in [3.05, 3.63) is 35.9 Å². The van der Waals surface area contributed by atoms with Gasteiger partial charge < -0.3 is 4.90 Å². The van der Waals surface area contributed by atoms with Gasteiger partial charge in [0, 0.05) is 12.1 Å². The summed E-state index contributed by atoms with van der Waals surface area (Å²) < 4.78 is 0. The molecule has 0 radical (unpaired) electrons. The van der Waals surface area contributed by atoms with Gasteiger partial charge in [0.05, 0.1) is 0 Å². The van der Waals surface area contributed by atoms with Crippen molar-refractivity contribution in [3.63, 3.8) is 0 Å². The van der Waals surface area contributed by atoms with Crippen molar-refractivity contribution >= 4 is 0 Å². The van der Waals surface area contributed by atoms with Crippen molar-refractivity contribution in [1.82, 2.24) is 4.90 Å². The Kier molecular flexibility index (Phi) is 1.72. The van der Waals surface area contributed by atoms with Crippen LogP contribution < -0.4 is 0 Å². The van der Waals surface area contributed by atoms with E-state index in [1.807, 2.05) is 0 Å². The first-order valence-corrected chi connectivity index (χ1v) is 5.56. The fraction of sp³-hybridized carbons (Fsp3) is 0.538. The first kappa shape index (κ1) is 8.49. The molecule has 0 unspecified atom stereocenters. The van der Waals surface area contributed by atoms with Gasteiger partial charge in [0.25, 0.3) is 0 Å². The SMILES string of the molecule is CN1C[C@H](c2ccccc2)CC12CC2. The Hall–Kier alpha value is -0.820. The van der Waals surface area contributed by atoms with E-state index in [0.717, 1.165) is 5.92 Å². The lowest BCUT2D eigenvalue weighted by Gasteiger charge is -2.16. The Morgan fingerprint density at radius 3 is 2.50 bits per heavy atom. The van der Waals surface area contributed by atoms with E-state index in [9.17, 15) is 0 Å². The molecule has 0 aromatic heterocycles. The highest BCUT2D eigenvalue weighted by Crippen LogP contribution is 2.52. The van der Waals surface area contributed by atoms with Crippen molar-refractivity contribution < 1.29 is 0 Å². The molecule has 1 saturated heterocycles. The third-order valence-electron chi connectivity index (χ3n) is 4.03. The van der Waals surface area contributed by atoms with Gasteiger partial charge in [0.2, 0.25) is 0 Å². The highest BCUT2D eigenvalue weighted by atomic mass is 15.2. The second kappa shape index (κ2) is 2.83. The predicted octanol–water partition coefficient (Wildman–Crippen LogP) is 2.64. The molecular weight excluding hydrogens is 170 g/mol. The van der Waals surface area contributed by atoms with Crippen LogP contribution in [0, 0.1) is 0 Å². The first-order chi connectivity index (χ1) is 6.80. The Labute approximate surface area is 85.7 Å². The molecule has 1 nitrogen and oxygen atoms in total. The van der Waals surface area contributed by atoms with Crippen molar-refractivity contribution in [2.75, 3.05) is 13.6 Å². The lowest BCUT2D eigenvalue weighted by molar-refractivity contribution is 0.291. The van der Waals surface area contributed by atoms with E-state index in [-0.39, 0.29) is 0 Å². The quantitative estimate of drug-likeness (QED) is 0.653. The van der Waals surface area contributed by atoms with Crippen LogP contribution in [-0.2, 0) is 0 Å². The van der Waals surface area contributed by atoms with Crippen LogP contribution in [0.1, 0.15) is 30.7 Å². The molecular formula is C13H17N. The minimum Gasteiger partial charge on any atom is -0.300 e. The highest BCUT2D eigenvalue weighted by Gasteiger charge is 2.52. The molecule has 0 amide bonds. The largest absolute Gasteiger partial charge is 0.300 e. The Bertz CT molecular complexity index is 326. The molecule has 1 spiro atoms. The van der Waals surface area contributed by atoms with Crippen molar-refractivity contribution in [2.24, 2.45) is 0 Å². The van der Waals surface area contributed by atoms with Gasteiger partial charge in [-0.25, -0.2) is 0 Å². The second-order valence-electron chi connectivity index (χ2n) is 4.92. The van der Waals surface area contributed by atoms with Gasteiger partial charge in [-0.05, 0) is 37.8 Å². The molecule has 0 bridgehead atoms. The van der Waals surface area contributed by atoms with Crippen LogP contribution in [-0.4, -0.2) is 24.0 Å². The van der Waals surface area contributed by atoms with E-state index in [2.05, 4.69) is 42.3 Å². The van der Waals surface area contributed by atoms with Crippen molar-refractivity contribution in [1.29, 1.82) is 0 Å². The monoisotopic (exact) mass is 187 g/mol. The van der Waals surface area contributed by atoms with Crippen LogP contribution in [0.5, 0.6) is 0 Å². The zero-order valence-corrected chi connectivity index (χ0v) is 8.74. The molecule has 14 heavy (non-hydrogen) atoms. The minimum absolute atomic E-state index is 0.612. The summed E-state index contributed by atoms with van der Waals surface area (Å²) in [6.07, 6.45) is 4.23. The summed E-state index contributed by atoms with van der Waals surface area (Å²) in [5, 5.41) is 0. The minimum atomic E-state index is 0.612. The van der Waals surface area contributed by atoms with Gasteiger partial charge in [-0.3, -0.25) is 0 Å². The lowest BCUT2D eigenvalue weighted by Crippen LogP contribution is -2.26. The number of nitrogens with zero attached hydrogens (tertiary/aromatic N) is 1. The highest BCUT2D eigenvalue weighted by molar-refractivity contribution is 5.25. The molecule has 74 valence electrons. The van der Waals surface area contributed by atoms with Crippen molar-refractivity contribution in [2.45, 2.75) is 30.7 Å². The van der Waals surface area contributed by atoms with Gasteiger partial charge in [-0.2, -0.15) is 0 Å². The third kappa shape index (κ3) is 1.19. The Morgan fingerprint density at radius 2 is 1.93 bits per heavy atom. The average molecular weight is 187 g/mol. The van der Waals surface area contributed by atoms with Crippen LogP contribution in [0.15, 0.2) is 30.3 Å². The molecule has 2 fully saturated rings. The molecule has 1 aromatic rings. The van der Waals surface area contributed by atoms with E-state index >= 15 is 0 Å². The number of benzene rings is 1. The molecule has 0 N–H and O–H groups in total. The number of hydrogen-bond donors (Lipinski definition) is 0. The van der Waals surface area contributed by atoms with Crippen molar-refractivity contribution in [3.8, 4) is 0 Å². The van der Waals surface area contributed by atoms with E-state index < -0.39 is 0 Å². The smallest absolute Gasteiger partial charge is 0.0214 e. The van der Waals surface area contributed by atoms with E-state index in [4.69, 9.17) is 0 Å². The lowest BCUT2D eigenvalue weighted by atomic mass is 9.96. The number of likely N-dealkylation sites (tertiary alicyclic amines) is 1. The molecule has 1 heteroatoms. The fourth-order valence-electron chi connectivity index (χ4n) is 2.88. The number of likely N-dealkylation sites (N-methyl/N-ethyl adjacent to an activating group) is 1. The molecule has 1 aromatic carbocycles. The Balaban J connectivity index is 1.83. The van der Waals surface area contributed by atoms with Gasteiger partial charge in [0.15, 0.2) is 0 Å². The maximum Gasteiger partial charge on any atom is 0.0214 e. The third-order valence-corrected chi connectivity index (χ3v) is 4.03. The molecule has 1 aliphatic carbocycles. The fourth-order valence-corrected chi connectivity index (χ4v) is 2.88. The first-order valence-electron chi connectivity index (χ1n) is 5.56. The summed E-state index contributed by atoms with van der Waals surface area (Å²) in [5.41, 5.74) is 2.14. The predicted molar refractivity (Wildman–Crippen MR) is 58.4 cm³/mol. The topological polar surface area (TPSA) is 3.24 Å². The Morgan fingerprint density at radius 1 is 1.21 bits per heavy atom. The summed E-state index contributed by atoms with van der Waals surface area (Å²) in [5.74, 6) is 0.781. The summed E-state index contributed by atoms with van der Waals surface area (Å²) in [6, 6.07) is 11.0. The van der Waals surface area contributed by atoms with Crippen LogP contribution in [0.4, 0.5) is 0 Å². The molecule has 2 aliphatic rings. The van der Waals surface area contributed by atoms with Gasteiger partial charge in [-0.1, -0.05) is 30.3 Å². The van der Waals surface area contributed by atoms with E-state index in [1.54, 1.807) is 0 Å². The maximum atomic E-state index is 2.57. The normalized spacial score (nSPS) is 29.6. The molecule has 1 atom stereocenters. The van der Waals surface area contributed by atoms with Crippen LogP contribution in [0.3, 0.4) is 0 Å². The standard InChI is InChI=1S/C13H17N/c1-14-10-12(9-13(14)7-8-13)11-5-3-2-4-6-11/h2-6,12H,7-10H2,1H3/t12-/m1/s1. The van der Waals surface area contributed by atoms with Gasteiger partial charge in [0.1, 0.15) is 0 Å². The van der Waals surface area contributed by atoms with E-state index in [1.165, 1.54) is 31.4 Å². The maximum absolute atomic E-state index is 2.57. The summed E-state index contributed by atoms with van der Waals surface area (Å²) in [4.78, 5) is 2.57. The molecule has 1 heterocycles. The molecule has 1 saturated carbocycles. The van der Waals surface area contributed by atoms with Gasteiger partial charge in [-0.15, -0.1) is 0 Å². The molecule has 1 aliphatic heterocycles. The van der Waals surface area contributed by atoms with Crippen LogP contribution >= 0.6 is 0 Å². The van der Waals surface area contributed by atoms with E-state index in [0.29, 0.717) is 5.54 Å². The summed E-state index contributed by atoms with van der Waals surface area (Å²) >= 11 is 0. The number of hydrogen-bond acceptors (Lipinski definition) is 1. The zero-order chi connectivity index (χ0) is 9.60. The number of rotatable bonds is 1. The van der Waals surface area contributed by atoms with Crippen LogP contribution in [0.25, 0.3) is 0 Å². The zero-order valence-electron chi connectivity index (χ0n) is 8.74. The summed E-state index contributed by atoms with van der Waals surface area (Å²) in [6.45, 7) is 1.25. The molecule has 3 rings (SSSR count). The van der Waals surface area contributed by atoms with Crippen LogP contribution in [0.2, 0.25) is 0 Å². The van der Waals surface area contributed by atoms with Gasteiger partial charge >= 0.3 is 0 Å². The average Bonchev–Trinajstić information content (AvgIpc) is 2.91.